The summed E-state index contributed by atoms with van der Waals surface area (Å²) in [5.74, 6) is -10.9. The summed E-state index contributed by atoms with van der Waals surface area (Å²) in [7, 11) is 0. The molecule has 22 nitrogen and oxygen atoms in total. The maximum atomic E-state index is 15.6. The molecule has 2 unspecified atom stereocenters. The number of Topliss-reactive ketones (excluding diaryl/α,β-unsaturated/α-hetero) is 2. The molecule has 6 amide bonds. The van der Waals surface area contributed by atoms with Gasteiger partial charge in [0.1, 0.15) is 35.7 Å². The van der Waals surface area contributed by atoms with Gasteiger partial charge in [-0.3, -0.25) is 43.2 Å². The minimum Gasteiger partial charge on any atom is -0.455 e. The Morgan fingerprint density at radius 2 is 1.38 bits per heavy atom. The van der Waals surface area contributed by atoms with Crippen molar-refractivity contribution in [1.29, 1.82) is 0 Å². The minimum atomic E-state index is -2.11. The number of hydrogen-bond acceptors (Lipinski definition) is 16. The van der Waals surface area contributed by atoms with Crippen LogP contribution in [-0.4, -0.2) is 124 Å². The topological polar surface area (TPSA) is 356 Å². The molecule has 97 heavy (non-hydrogen) atoms. The average Bonchev–Trinajstić information content (AvgIpc) is 0.674. The Labute approximate surface area is 569 Å². The van der Waals surface area contributed by atoms with Crippen LogP contribution in [0.2, 0.25) is 5.02 Å². The molecule has 0 aliphatic heterocycles. The molecule has 0 radical (unpaired) electrons. The maximum Gasteiger partial charge on any atom is 0.350 e. The second kappa shape index (κ2) is 31.6. The van der Waals surface area contributed by atoms with Gasteiger partial charge in [-0.15, -0.1) is 0 Å². The van der Waals surface area contributed by atoms with Crippen molar-refractivity contribution in [2.24, 2.45) is 51.4 Å². The number of benzene rings is 4. The zero-order chi connectivity index (χ0) is 70.7. The van der Waals surface area contributed by atoms with Crippen molar-refractivity contribution < 1.29 is 77.2 Å². The van der Waals surface area contributed by atoms with Crippen LogP contribution in [0.1, 0.15) is 163 Å². The van der Waals surface area contributed by atoms with Gasteiger partial charge in [-0.2, -0.15) is 0 Å². The van der Waals surface area contributed by atoms with Crippen LogP contribution in [0, 0.1) is 39.9 Å². The van der Waals surface area contributed by atoms with Crippen molar-refractivity contribution in [1.82, 2.24) is 21.3 Å². The lowest BCUT2D eigenvalue weighted by atomic mass is 9.37. The molecule has 8 rings (SSSR count). The first-order chi connectivity index (χ1) is 45.9. The van der Waals surface area contributed by atoms with Gasteiger partial charge in [-0.1, -0.05) is 118 Å². The molecule has 0 spiro atoms. The first-order valence-electron chi connectivity index (χ1n) is 33.0. The molecule has 3 fully saturated rings. The first kappa shape index (κ1) is 73.9. The van der Waals surface area contributed by atoms with Crippen LogP contribution in [0.25, 0.3) is 6.08 Å². The fourth-order valence-corrected chi connectivity index (χ4v) is 15.2. The smallest absolute Gasteiger partial charge is 0.350 e. The molecule has 0 heterocycles. The van der Waals surface area contributed by atoms with Crippen LogP contribution in [0.5, 0.6) is 0 Å². The van der Waals surface area contributed by atoms with E-state index in [0.717, 1.165) is 6.42 Å². The summed E-state index contributed by atoms with van der Waals surface area (Å²) in [6.07, 6.45) is -3.02. The van der Waals surface area contributed by atoms with Crippen molar-refractivity contribution in [3.05, 3.63) is 160 Å². The van der Waals surface area contributed by atoms with Gasteiger partial charge in [0.25, 0.3) is 5.91 Å². The highest BCUT2D eigenvalue weighted by Crippen LogP contribution is 2.70. The molecule has 4 aliphatic rings. The SMILES string of the molecule is CC1=C2[C@H](C)C(=O)[C@@]3(C)[C@H]([C@H](OC(=O)c4ccccc4)[C@](O)(C[C@@H]1OC(=O)[C@H](OC(=O)CCC(=O)NCCCCC(NC(=O)CC[C@H](CC(=O)C(C)NC(=O)/C=C/c1ccc(Cl)cc1)C(N)=O)C(N)=O)[C@H](NC(=O)c1ccccc1)c1ccccc1)C2(C)C)[C@]1(C)CC[C@@H]1C[C@@H]3O. The van der Waals surface area contributed by atoms with Crippen LogP contribution in [-0.2, 0) is 57.4 Å². The number of halogens is 1. The maximum absolute atomic E-state index is 15.6. The highest BCUT2D eigenvalue weighted by Gasteiger charge is 2.74. The summed E-state index contributed by atoms with van der Waals surface area (Å²) in [5.41, 5.74) is 7.77. The van der Waals surface area contributed by atoms with Gasteiger partial charge in [0.15, 0.2) is 5.78 Å². The highest BCUT2D eigenvalue weighted by molar-refractivity contribution is 6.30. The zero-order valence-electron chi connectivity index (χ0n) is 55.8. The number of ether oxygens (including phenoxy) is 3. The van der Waals surface area contributed by atoms with E-state index in [1.165, 1.54) is 19.1 Å². The number of ketones is 2. The lowest BCUT2D eigenvalue weighted by Gasteiger charge is -2.68. The van der Waals surface area contributed by atoms with Crippen molar-refractivity contribution in [3.8, 4) is 0 Å². The number of nitrogens with one attached hydrogen (secondary N) is 4. The summed E-state index contributed by atoms with van der Waals surface area (Å²) in [5, 5.41) is 37.4. The number of aliphatic hydroxyl groups is 2. The molecule has 4 aliphatic carbocycles. The number of esters is 3. The standard InChI is InChI=1S/C74H89ClN6O16/c1-42-54(41-74(94)65(97-69(92)48-23-15-10-16-24-48)63-72(6)37-36-50(72)40-55(83)73(63,7)64(88)43(2)60(42)71(74,4)5)95-70(93)62(61(46-19-11-8-12-20-46)81-68(91)47-21-13-9-14-22-47)96-59(87)35-34-56(84)78-38-18-17-25-52(67(77)90)80-58(86)33-29-49(66(76)89)39-53(82)44(3)79-57(85)32-28-45-26-30-51(75)31-27-45/h8-16,19-24,26-28,30-32,43-44,49-50,52,54-55,61-63,65,83,94H,17-18,25,29,33-41H2,1-7H3,(H2,76,89)(H2,77,90)(H,78,84)(H,79,85)(H,80,86)(H,81,91)/b32-28+/t43-,44?,49+,50+,52?,54-,55-,61+,62+,63+,65-,72+,73+,74+/m0/s1. The van der Waals surface area contributed by atoms with Gasteiger partial charge in [0, 0.05) is 72.1 Å². The van der Waals surface area contributed by atoms with Crippen LogP contribution in [0.3, 0.4) is 0 Å². The number of unbranched alkanes of at least 4 members (excludes halogenated alkanes) is 1. The largest absolute Gasteiger partial charge is 0.455 e. The molecule has 23 heteroatoms. The number of primary amides is 2. The number of amides is 6. The van der Waals surface area contributed by atoms with Gasteiger partial charge >= 0.3 is 17.9 Å². The Bertz CT molecular complexity index is 3660. The van der Waals surface area contributed by atoms with Crippen molar-refractivity contribution in [3.63, 3.8) is 0 Å². The number of fused-ring (bicyclic) bond motifs is 5. The second-order valence-electron chi connectivity index (χ2n) is 27.2. The Morgan fingerprint density at radius 3 is 1.99 bits per heavy atom. The monoisotopic (exact) mass is 1350 g/mol. The number of nitrogens with two attached hydrogens (primary N) is 2. The van der Waals surface area contributed by atoms with E-state index in [9.17, 15) is 53.4 Å². The predicted octanol–water partition coefficient (Wildman–Crippen LogP) is 7.46. The summed E-state index contributed by atoms with van der Waals surface area (Å²) in [6, 6.07) is 27.8. The second-order valence-corrected chi connectivity index (χ2v) is 27.7. The minimum absolute atomic E-state index is 0.0590. The van der Waals surface area contributed by atoms with Gasteiger partial charge < -0.3 is 57.2 Å². The van der Waals surface area contributed by atoms with Gasteiger partial charge in [0.05, 0.1) is 29.5 Å². The number of carbonyl (C=O) groups is 11. The van der Waals surface area contributed by atoms with Crippen molar-refractivity contribution in [2.45, 2.75) is 174 Å². The van der Waals surface area contributed by atoms with Gasteiger partial charge in [0.2, 0.25) is 35.6 Å². The van der Waals surface area contributed by atoms with E-state index in [2.05, 4.69) is 21.3 Å². The Balaban J connectivity index is 0.933. The molecule has 14 atom stereocenters. The zero-order valence-corrected chi connectivity index (χ0v) is 56.6. The number of carbonyl (C=O) groups excluding carboxylic acids is 11. The summed E-state index contributed by atoms with van der Waals surface area (Å²) < 4.78 is 19.2. The molecule has 0 saturated heterocycles. The predicted molar refractivity (Wildman–Crippen MR) is 359 cm³/mol. The first-order valence-corrected chi connectivity index (χ1v) is 33.4. The molecule has 518 valence electrons. The van der Waals surface area contributed by atoms with E-state index in [4.69, 9.17) is 37.3 Å². The molecule has 3 saturated carbocycles. The normalized spacial score (nSPS) is 25.4. The molecule has 2 bridgehead atoms. The quantitative estimate of drug-likeness (QED) is 0.00860. The summed E-state index contributed by atoms with van der Waals surface area (Å²) in [4.78, 5) is 151. The van der Waals surface area contributed by atoms with Crippen molar-refractivity contribution in [2.75, 3.05) is 6.54 Å². The lowest BCUT2D eigenvalue weighted by molar-refractivity contribution is -0.265. The lowest BCUT2D eigenvalue weighted by Crippen LogP contribution is -2.74. The number of rotatable bonds is 29. The third-order valence-corrected chi connectivity index (χ3v) is 21.0. The molecular formula is C74H89ClN6O16. The van der Waals surface area contributed by atoms with Crippen LogP contribution >= 0.6 is 11.6 Å². The van der Waals surface area contributed by atoms with E-state index in [-0.39, 0.29) is 74.3 Å². The van der Waals surface area contributed by atoms with E-state index < -0.39 is 154 Å². The fraction of sp³-hybridized carbons (Fsp3) is 0.473. The van der Waals surface area contributed by atoms with Crippen LogP contribution < -0.4 is 32.7 Å². The Kier molecular flexibility index (Phi) is 24.1. The molecule has 0 aromatic heterocycles. The average molecular weight is 1350 g/mol. The van der Waals surface area contributed by atoms with Gasteiger partial charge in [-0.25, -0.2) is 9.59 Å². The van der Waals surface area contributed by atoms with E-state index in [1.807, 2.05) is 6.92 Å². The van der Waals surface area contributed by atoms with Crippen LogP contribution in [0.4, 0.5) is 0 Å². The highest BCUT2D eigenvalue weighted by atomic mass is 35.5. The van der Waals surface area contributed by atoms with E-state index in [1.54, 1.807) is 150 Å². The molecule has 10 N–H and O–H groups in total. The fourth-order valence-electron chi connectivity index (χ4n) is 15.0. The molecule has 4 aromatic carbocycles. The Hall–Kier alpha value is -8.86. The third-order valence-electron chi connectivity index (χ3n) is 20.8. The van der Waals surface area contributed by atoms with E-state index >= 15 is 9.59 Å². The van der Waals surface area contributed by atoms with E-state index in [0.29, 0.717) is 40.1 Å². The van der Waals surface area contributed by atoms with Crippen molar-refractivity contribution >= 4 is 82.6 Å². The third kappa shape index (κ3) is 16.8. The van der Waals surface area contributed by atoms with Gasteiger partial charge in [-0.05, 0) is 142 Å². The summed E-state index contributed by atoms with van der Waals surface area (Å²) >= 11 is 5.91. The summed E-state index contributed by atoms with van der Waals surface area (Å²) in [6.45, 7) is 12.2. The Morgan fingerprint density at radius 1 is 0.753 bits per heavy atom. The number of aliphatic hydroxyl groups excluding tert-OH is 1. The van der Waals surface area contributed by atoms with Crippen LogP contribution in [0.15, 0.2) is 132 Å². The molecular weight excluding hydrogens is 1260 g/mol. The number of hydrogen-bond donors (Lipinski definition) is 8. The molecule has 4 aromatic rings.